The summed E-state index contributed by atoms with van der Waals surface area (Å²) in [5.74, 6) is 0.775. The lowest BCUT2D eigenvalue weighted by Gasteiger charge is -2.27. The van der Waals surface area contributed by atoms with Crippen molar-refractivity contribution in [3.05, 3.63) is 72.4 Å². The van der Waals surface area contributed by atoms with E-state index in [1.807, 2.05) is 67.6 Å². The molecule has 0 fully saturated rings. The first-order valence-corrected chi connectivity index (χ1v) is 11.0. The highest BCUT2D eigenvalue weighted by atomic mass is 16.5. The van der Waals surface area contributed by atoms with E-state index >= 15 is 0 Å². The zero-order valence-electron chi connectivity index (χ0n) is 19.3. The highest BCUT2D eigenvalue weighted by Gasteiger charge is 2.45. The second-order valence-corrected chi connectivity index (χ2v) is 8.49. The lowest BCUT2D eigenvalue weighted by atomic mass is 9.90. The number of carbonyl (C=O) groups excluding carboxylic acids is 2. The van der Waals surface area contributed by atoms with Gasteiger partial charge in [-0.1, -0.05) is 24.3 Å². The number of para-hydroxylation sites is 1. The number of hydrogen-bond acceptors (Lipinski definition) is 5. The number of aromatic nitrogens is 1. The molecule has 0 radical (unpaired) electrons. The number of nitrogens with one attached hydrogen (secondary N) is 1. The van der Waals surface area contributed by atoms with E-state index in [0.717, 1.165) is 16.9 Å². The number of nitrogens with zero attached hydrogens (tertiary/aromatic N) is 3. The van der Waals surface area contributed by atoms with E-state index in [2.05, 4.69) is 10.3 Å². The van der Waals surface area contributed by atoms with Gasteiger partial charge in [0.1, 0.15) is 11.2 Å². The van der Waals surface area contributed by atoms with Gasteiger partial charge in [0.05, 0.1) is 17.1 Å². The Hall–Kier alpha value is -3.87. The predicted octanol–water partition coefficient (Wildman–Crippen LogP) is 4.84. The molecule has 0 aliphatic carbocycles. The van der Waals surface area contributed by atoms with Crippen molar-refractivity contribution < 1.29 is 14.3 Å². The van der Waals surface area contributed by atoms with Crippen molar-refractivity contribution in [3.63, 3.8) is 0 Å². The molecule has 170 valence electrons. The number of carbonyl (C=O) groups is 2. The van der Waals surface area contributed by atoms with E-state index < -0.39 is 5.41 Å². The van der Waals surface area contributed by atoms with Gasteiger partial charge in [0.15, 0.2) is 0 Å². The maximum Gasteiger partial charge on any atom is 0.242 e. The second kappa shape index (κ2) is 8.94. The Morgan fingerprint density at radius 1 is 0.970 bits per heavy atom. The van der Waals surface area contributed by atoms with Crippen LogP contribution >= 0.6 is 0 Å². The largest absolute Gasteiger partial charge is 0.437 e. The monoisotopic (exact) mass is 444 g/mol. The topological polar surface area (TPSA) is 74.8 Å². The third-order valence-electron chi connectivity index (χ3n) is 5.84. The Morgan fingerprint density at radius 3 is 2.45 bits per heavy atom. The molecule has 2 heterocycles. The number of ether oxygens (including phenoxy) is 1. The predicted molar refractivity (Wildman–Crippen MR) is 130 cm³/mol. The first kappa shape index (κ1) is 22.3. The first-order chi connectivity index (χ1) is 15.8. The van der Waals surface area contributed by atoms with Crippen molar-refractivity contribution >= 4 is 28.9 Å². The average Bonchev–Trinajstić information content (AvgIpc) is 2.88. The van der Waals surface area contributed by atoms with Gasteiger partial charge in [0, 0.05) is 26.3 Å². The van der Waals surface area contributed by atoms with Crippen molar-refractivity contribution in [1.82, 2.24) is 4.98 Å². The van der Waals surface area contributed by atoms with Crippen LogP contribution in [0.4, 0.5) is 17.1 Å². The first-order valence-electron chi connectivity index (χ1n) is 11.0. The molecule has 2 amide bonds. The Morgan fingerprint density at radius 2 is 1.73 bits per heavy atom. The number of anilines is 3. The van der Waals surface area contributed by atoms with Crippen LogP contribution in [-0.2, 0) is 16.1 Å². The van der Waals surface area contributed by atoms with Crippen LogP contribution in [0.25, 0.3) is 0 Å². The maximum atomic E-state index is 13.0. The number of rotatable bonds is 6. The van der Waals surface area contributed by atoms with Gasteiger partial charge in [-0.15, -0.1) is 0 Å². The molecule has 1 aromatic heterocycles. The normalized spacial score (nSPS) is 15.2. The van der Waals surface area contributed by atoms with E-state index in [0.29, 0.717) is 30.4 Å². The summed E-state index contributed by atoms with van der Waals surface area (Å²) in [7, 11) is 1.72. The summed E-state index contributed by atoms with van der Waals surface area (Å²) in [5, 5.41) is 3.38. The number of benzene rings is 2. The molecule has 7 heteroatoms. The molecule has 1 aliphatic rings. The zero-order valence-corrected chi connectivity index (χ0v) is 19.3. The van der Waals surface area contributed by atoms with Crippen molar-refractivity contribution in [1.29, 1.82) is 0 Å². The summed E-state index contributed by atoms with van der Waals surface area (Å²) in [5.41, 5.74) is 2.05. The van der Waals surface area contributed by atoms with E-state index in [9.17, 15) is 9.59 Å². The van der Waals surface area contributed by atoms with Gasteiger partial charge in [-0.2, -0.15) is 0 Å². The molecule has 0 unspecified atom stereocenters. The summed E-state index contributed by atoms with van der Waals surface area (Å²) >= 11 is 0. The van der Waals surface area contributed by atoms with Crippen LogP contribution in [0.2, 0.25) is 0 Å². The minimum atomic E-state index is -1.12. The van der Waals surface area contributed by atoms with Gasteiger partial charge in [0.25, 0.3) is 0 Å². The number of amides is 2. The van der Waals surface area contributed by atoms with E-state index in [1.54, 1.807) is 36.9 Å². The van der Waals surface area contributed by atoms with Gasteiger partial charge in [-0.05, 0) is 62.7 Å². The standard InChI is InChI=1S/C26H28N4O3/c1-5-30-21-14-13-18(16-22(21)29(4)24(31)26(2,3)25(30)32)17-28-20-12-9-15-27-23(20)33-19-10-7-6-8-11-19/h6-16,28H,5,17H2,1-4H3. The molecule has 0 saturated heterocycles. The van der Waals surface area contributed by atoms with E-state index in [1.165, 1.54) is 0 Å². The molecule has 7 nitrogen and oxygen atoms in total. The van der Waals surface area contributed by atoms with Gasteiger partial charge < -0.3 is 19.9 Å². The average molecular weight is 445 g/mol. The maximum absolute atomic E-state index is 13.0. The molecule has 0 atom stereocenters. The summed E-state index contributed by atoms with van der Waals surface area (Å²) in [6.45, 7) is 6.27. The van der Waals surface area contributed by atoms with Gasteiger partial charge in [-0.3, -0.25) is 9.59 Å². The number of hydrogen-bond donors (Lipinski definition) is 1. The van der Waals surface area contributed by atoms with Crippen molar-refractivity contribution in [2.45, 2.75) is 27.3 Å². The molecule has 2 aromatic carbocycles. The van der Waals surface area contributed by atoms with E-state index in [4.69, 9.17) is 4.74 Å². The molecule has 4 rings (SSSR count). The van der Waals surface area contributed by atoms with Gasteiger partial charge in [-0.25, -0.2) is 4.98 Å². The molecular formula is C26H28N4O3. The summed E-state index contributed by atoms with van der Waals surface area (Å²) in [4.78, 5) is 33.7. The molecule has 3 aromatic rings. The quantitative estimate of drug-likeness (QED) is 0.551. The highest BCUT2D eigenvalue weighted by molar-refractivity contribution is 6.19. The smallest absolute Gasteiger partial charge is 0.242 e. The lowest BCUT2D eigenvalue weighted by molar-refractivity contribution is -0.137. The van der Waals surface area contributed by atoms with Crippen LogP contribution < -0.4 is 19.9 Å². The Kier molecular flexibility index (Phi) is 6.05. The van der Waals surface area contributed by atoms with Crippen molar-refractivity contribution in [2.75, 3.05) is 28.7 Å². The molecule has 0 saturated carbocycles. The second-order valence-electron chi connectivity index (χ2n) is 8.49. The third-order valence-corrected chi connectivity index (χ3v) is 5.84. The van der Waals surface area contributed by atoms with Gasteiger partial charge in [0.2, 0.25) is 17.7 Å². The lowest BCUT2D eigenvalue weighted by Crippen LogP contribution is -2.47. The van der Waals surface area contributed by atoms with Crippen LogP contribution in [0.3, 0.4) is 0 Å². The zero-order chi connectivity index (χ0) is 23.6. The van der Waals surface area contributed by atoms with Crippen LogP contribution in [0.15, 0.2) is 66.9 Å². The summed E-state index contributed by atoms with van der Waals surface area (Å²) < 4.78 is 5.93. The van der Waals surface area contributed by atoms with E-state index in [-0.39, 0.29) is 11.8 Å². The number of pyridine rings is 1. The molecule has 1 N–H and O–H groups in total. The fraction of sp³-hybridized carbons (Fsp3) is 0.269. The third kappa shape index (κ3) is 4.26. The van der Waals surface area contributed by atoms with Crippen molar-refractivity contribution in [2.24, 2.45) is 5.41 Å². The molecule has 33 heavy (non-hydrogen) atoms. The fourth-order valence-corrected chi connectivity index (χ4v) is 3.96. The molecule has 0 spiro atoms. The highest BCUT2D eigenvalue weighted by Crippen LogP contribution is 2.39. The number of fused-ring (bicyclic) bond motifs is 1. The Labute approximate surface area is 194 Å². The van der Waals surface area contributed by atoms with Crippen LogP contribution in [-0.4, -0.2) is 30.4 Å². The summed E-state index contributed by atoms with van der Waals surface area (Å²) in [6.07, 6.45) is 1.69. The molecule has 1 aliphatic heterocycles. The van der Waals surface area contributed by atoms with Gasteiger partial charge >= 0.3 is 0 Å². The van der Waals surface area contributed by atoms with Crippen LogP contribution in [0.5, 0.6) is 11.6 Å². The Balaban J connectivity index is 1.60. The Bertz CT molecular complexity index is 1180. The van der Waals surface area contributed by atoms with Crippen LogP contribution in [0.1, 0.15) is 26.3 Å². The van der Waals surface area contributed by atoms with Crippen LogP contribution in [0, 0.1) is 5.41 Å². The minimum Gasteiger partial charge on any atom is -0.437 e. The molecular weight excluding hydrogens is 416 g/mol. The minimum absolute atomic E-state index is 0.190. The fourth-order valence-electron chi connectivity index (χ4n) is 3.96. The molecule has 0 bridgehead atoms. The summed E-state index contributed by atoms with van der Waals surface area (Å²) in [6, 6.07) is 19.1. The van der Waals surface area contributed by atoms with Crippen molar-refractivity contribution in [3.8, 4) is 11.6 Å². The SMILES string of the molecule is CCN1C(=O)C(C)(C)C(=O)N(C)c2cc(CNc3cccnc3Oc3ccccc3)ccc21.